The van der Waals surface area contributed by atoms with Gasteiger partial charge in [0.25, 0.3) is 0 Å². The van der Waals surface area contributed by atoms with E-state index in [0.29, 0.717) is 5.56 Å². The topological polar surface area (TPSA) is 96.6 Å². The summed E-state index contributed by atoms with van der Waals surface area (Å²) in [5.41, 5.74) is 3.29. The number of hydrogen-bond acceptors (Lipinski definition) is 5. The summed E-state index contributed by atoms with van der Waals surface area (Å²) in [6, 6.07) is 12.0. The first kappa shape index (κ1) is 20.0. The second kappa shape index (κ2) is 8.09. The number of carbonyl (C=O) groups is 1. The van der Waals surface area contributed by atoms with Gasteiger partial charge in [0.15, 0.2) is 0 Å². The Hall–Kier alpha value is -2.75. The zero-order chi connectivity index (χ0) is 20.4. The van der Waals surface area contributed by atoms with Crippen LogP contribution in [0.4, 0.5) is 0 Å². The summed E-state index contributed by atoms with van der Waals surface area (Å²) in [6.45, 7) is 0.317. The summed E-state index contributed by atoms with van der Waals surface area (Å²) in [7, 11) is 4.68. The maximum atomic E-state index is 12.1. The molecule has 28 heavy (non-hydrogen) atoms. The van der Waals surface area contributed by atoms with Gasteiger partial charge in [-0.15, -0.1) is 0 Å². The molecule has 0 N–H and O–H groups in total. The highest BCUT2D eigenvalue weighted by Crippen LogP contribution is 2.18. The Morgan fingerprint density at radius 1 is 1.04 bits per heavy atom. The molecule has 0 amide bonds. The van der Waals surface area contributed by atoms with E-state index in [0.717, 1.165) is 22.2 Å². The Balaban J connectivity index is 1.82. The van der Waals surface area contributed by atoms with E-state index < -0.39 is 17.2 Å². The lowest BCUT2D eigenvalue weighted by Gasteiger charge is -2.24. The van der Waals surface area contributed by atoms with Crippen LogP contribution in [0.1, 0.15) is 21.5 Å². The van der Waals surface area contributed by atoms with Gasteiger partial charge in [0.2, 0.25) is 0 Å². The van der Waals surface area contributed by atoms with Crippen molar-refractivity contribution in [3.05, 3.63) is 69.6 Å². The molecule has 0 saturated carbocycles. The van der Waals surface area contributed by atoms with Gasteiger partial charge in [-0.1, -0.05) is 18.2 Å². The van der Waals surface area contributed by atoms with Crippen LogP contribution in [0.3, 0.4) is 0 Å². The fraction of sp³-hybridized carbons (Fsp3) is 0.263. The largest absolute Gasteiger partial charge is 0.760 e. The molecule has 148 valence electrons. The van der Waals surface area contributed by atoms with Crippen molar-refractivity contribution in [2.45, 2.75) is 13.1 Å². The predicted octanol–water partition coefficient (Wildman–Crippen LogP) is 1.46. The number of imidazole rings is 1. The zero-order valence-corrected chi connectivity index (χ0v) is 16.6. The molecule has 0 aliphatic heterocycles. The minimum Gasteiger partial charge on any atom is -0.760 e. The molecule has 1 heterocycles. The molecule has 3 aromatic rings. The molecular weight excluding hydrogens is 382 g/mol. The van der Waals surface area contributed by atoms with Crippen LogP contribution < -0.4 is 5.69 Å². The van der Waals surface area contributed by atoms with Gasteiger partial charge in [0, 0.05) is 38.5 Å². The highest BCUT2D eigenvalue weighted by Gasteiger charge is 2.12. The number of fused-ring (bicyclic) bond motifs is 1. The molecule has 1 unspecified atom stereocenters. The molecule has 2 aromatic carbocycles. The van der Waals surface area contributed by atoms with Crippen molar-refractivity contribution >= 4 is 28.3 Å². The highest BCUT2D eigenvalue weighted by atomic mass is 32.2. The van der Waals surface area contributed by atoms with E-state index in [9.17, 15) is 18.4 Å². The van der Waals surface area contributed by atoms with Crippen LogP contribution >= 0.6 is 0 Å². The average Bonchev–Trinajstić information content (AvgIpc) is 2.91. The SMILES string of the molecule is COC(=O)c1ccc(CN(Cc2ccc3c(c2)n(C)c(=O)n3C)S(=O)[O-])cc1. The number of hydrogen-bond donors (Lipinski definition) is 0. The van der Waals surface area contributed by atoms with Gasteiger partial charge in [-0.3, -0.25) is 13.3 Å². The third kappa shape index (κ3) is 3.91. The highest BCUT2D eigenvalue weighted by molar-refractivity contribution is 7.76. The standard InChI is InChI=1S/C19H21N3O5S/c1-20-16-9-6-14(10-17(16)21(2)19(20)24)12-22(28(25)26)11-13-4-7-15(8-5-13)18(23)27-3/h4-10H,11-12H2,1-3H3,(H,25,26)/p-1. The molecule has 8 nitrogen and oxygen atoms in total. The molecule has 9 heteroatoms. The maximum absolute atomic E-state index is 12.1. The first-order valence-corrected chi connectivity index (χ1v) is 9.51. The summed E-state index contributed by atoms with van der Waals surface area (Å²) in [5.74, 6) is -0.447. The van der Waals surface area contributed by atoms with Gasteiger partial charge in [-0.05, 0) is 35.4 Å². The van der Waals surface area contributed by atoms with Crippen molar-refractivity contribution in [2.24, 2.45) is 14.1 Å². The van der Waals surface area contributed by atoms with Crippen LogP contribution in [0.5, 0.6) is 0 Å². The normalized spacial score (nSPS) is 12.5. The number of nitrogens with zero attached hydrogens (tertiary/aromatic N) is 3. The van der Waals surface area contributed by atoms with Gasteiger partial charge < -0.3 is 9.29 Å². The van der Waals surface area contributed by atoms with Gasteiger partial charge >= 0.3 is 11.7 Å². The second-order valence-corrected chi connectivity index (χ2v) is 7.38. The van der Waals surface area contributed by atoms with Crippen LogP contribution in [0.15, 0.2) is 47.3 Å². The number of ether oxygens (including phenoxy) is 1. The number of esters is 1. The molecule has 0 spiro atoms. The Morgan fingerprint density at radius 3 is 2.21 bits per heavy atom. The molecular formula is C19H20N3O5S-. The maximum Gasteiger partial charge on any atom is 0.337 e. The van der Waals surface area contributed by atoms with Gasteiger partial charge in [0.05, 0.1) is 23.7 Å². The second-order valence-electron chi connectivity index (χ2n) is 6.43. The Bertz CT molecular complexity index is 1100. The van der Waals surface area contributed by atoms with Crippen LogP contribution in [0.2, 0.25) is 0 Å². The first-order chi connectivity index (χ1) is 13.3. The Morgan fingerprint density at radius 2 is 1.61 bits per heavy atom. The minimum atomic E-state index is -2.44. The van der Waals surface area contributed by atoms with Crippen molar-refractivity contribution in [2.75, 3.05) is 7.11 Å². The number of rotatable bonds is 6. The summed E-state index contributed by atoms with van der Waals surface area (Å²) in [5, 5.41) is 0. The summed E-state index contributed by atoms with van der Waals surface area (Å²) in [6.07, 6.45) is 0. The van der Waals surface area contributed by atoms with E-state index in [-0.39, 0.29) is 18.8 Å². The van der Waals surface area contributed by atoms with Crippen molar-refractivity contribution in [3.8, 4) is 0 Å². The number of benzene rings is 2. The van der Waals surface area contributed by atoms with Crippen LogP contribution in [0, 0.1) is 0 Å². The van der Waals surface area contributed by atoms with Gasteiger partial charge in [-0.2, -0.15) is 0 Å². The fourth-order valence-corrected chi connectivity index (χ4v) is 3.59. The molecule has 0 aliphatic rings. The van der Waals surface area contributed by atoms with E-state index in [2.05, 4.69) is 4.74 Å². The summed E-state index contributed by atoms with van der Waals surface area (Å²) >= 11 is -2.44. The van der Waals surface area contributed by atoms with E-state index in [4.69, 9.17) is 0 Å². The fourth-order valence-electron chi connectivity index (χ4n) is 3.08. The van der Waals surface area contributed by atoms with Crippen molar-refractivity contribution in [3.63, 3.8) is 0 Å². The molecule has 0 bridgehead atoms. The van der Waals surface area contributed by atoms with Crippen molar-refractivity contribution < 1.29 is 18.3 Å². The lowest BCUT2D eigenvalue weighted by atomic mass is 10.1. The molecule has 3 rings (SSSR count). The summed E-state index contributed by atoms with van der Waals surface area (Å²) < 4.78 is 32.4. The van der Waals surface area contributed by atoms with Gasteiger partial charge in [-0.25, -0.2) is 13.9 Å². The van der Waals surface area contributed by atoms with Crippen molar-refractivity contribution in [1.82, 2.24) is 13.4 Å². The summed E-state index contributed by atoms with van der Waals surface area (Å²) in [4.78, 5) is 23.6. The van der Waals surface area contributed by atoms with E-state index in [1.165, 1.54) is 16.0 Å². The Kier molecular flexibility index (Phi) is 5.78. The minimum absolute atomic E-state index is 0.137. The smallest absolute Gasteiger partial charge is 0.337 e. The number of carbonyl (C=O) groups excluding carboxylic acids is 1. The number of methoxy groups -OCH3 is 1. The van der Waals surface area contributed by atoms with E-state index in [1.54, 1.807) is 42.9 Å². The lowest BCUT2D eigenvalue weighted by molar-refractivity contribution is 0.0600. The quantitative estimate of drug-likeness (QED) is 0.459. The molecule has 0 fully saturated rings. The molecule has 1 atom stereocenters. The third-order valence-electron chi connectivity index (χ3n) is 4.64. The zero-order valence-electron chi connectivity index (χ0n) is 15.7. The first-order valence-electron chi connectivity index (χ1n) is 8.47. The molecule has 0 aliphatic carbocycles. The van der Waals surface area contributed by atoms with Crippen LogP contribution in [-0.4, -0.2) is 35.3 Å². The molecule has 0 radical (unpaired) electrons. The molecule has 1 aromatic heterocycles. The van der Waals surface area contributed by atoms with E-state index >= 15 is 0 Å². The predicted molar refractivity (Wildman–Crippen MR) is 104 cm³/mol. The molecule has 0 saturated heterocycles. The van der Waals surface area contributed by atoms with Gasteiger partial charge in [0.1, 0.15) is 0 Å². The lowest BCUT2D eigenvalue weighted by Crippen LogP contribution is -2.25. The number of aromatic nitrogens is 2. The average molecular weight is 402 g/mol. The van der Waals surface area contributed by atoms with E-state index in [1.807, 2.05) is 18.2 Å². The Labute approximate surface area is 164 Å². The van der Waals surface area contributed by atoms with Crippen LogP contribution in [-0.2, 0) is 43.2 Å². The number of aryl methyl sites for hydroxylation is 2. The third-order valence-corrected chi connectivity index (χ3v) is 5.32. The van der Waals surface area contributed by atoms with Crippen LogP contribution in [0.25, 0.3) is 11.0 Å². The van der Waals surface area contributed by atoms with Crippen molar-refractivity contribution in [1.29, 1.82) is 0 Å². The monoisotopic (exact) mass is 402 g/mol.